The van der Waals surface area contributed by atoms with Gasteiger partial charge in [-0.2, -0.15) is 0 Å². The Morgan fingerprint density at radius 2 is 0.647 bits per heavy atom. The maximum Gasteiger partial charge on any atom is 0.307 e. The molecule has 10 atom stereocenters. The third kappa shape index (κ3) is 11.8. The predicted octanol–water partition coefficient (Wildman–Crippen LogP) is 5.69. The molecule has 0 saturated heterocycles. The van der Waals surface area contributed by atoms with Gasteiger partial charge in [0.15, 0.2) is 0 Å². The van der Waals surface area contributed by atoms with Crippen molar-refractivity contribution in [3.8, 4) is 0 Å². The van der Waals surface area contributed by atoms with Crippen molar-refractivity contribution < 1.29 is 58.8 Å². The lowest BCUT2D eigenvalue weighted by Crippen LogP contribution is -2.45. The topological polar surface area (TPSA) is 266 Å². The Labute approximate surface area is 399 Å². The first kappa shape index (κ1) is 49.7. The minimum Gasteiger partial charge on any atom is -0.481 e. The molecule has 4 amide bonds. The first-order chi connectivity index (χ1) is 32.6. The van der Waals surface area contributed by atoms with Gasteiger partial charge in [0.05, 0.1) is 35.5 Å². The van der Waals surface area contributed by atoms with E-state index in [9.17, 15) is 58.8 Å². The summed E-state index contributed by atoms with van der Waals surface area (Å²) >= 11 is 0. The van der Waals surface area contributed by atoms with E-state index in [4.69, 9.17) is 0 Å². The van der Waals surface area contributed by atoms with Crippen LogP contribution in [0.3, 0.4) is 0 Å². The van der Waals surface area contributed by atoms with E-state index in [2.05, 4.69) is 21.3 Å². The molecule has 0 spiro atoms. The summed E-state index contributed by atoms with van der Waals surface area (Å²) in [5, 5.41) is 51.9. The van der Waals surface area contributed by atoms with Crippen molar-refractivity contribution in [1.29, 1.82) is 0 Å². The van der Waals surface area contributed by atoms with Crippen LogP contribution in [0.2, 0.25) is 0 Å². The number of fused-ring (bicyclic) bond motifs is 4. The van der Waals surface area contributed by atoms with Gasteiger partial charge in [0.2, 0.25) is 23.6 Å². The lowest BCUT2D eigenvalue weighted by Gasteiger charge is -2.35. The maximum absolute atomic E-state index is 13.2. The second-order valence-electron chi connectivity index (χ2n) is 22.5. The van der Waals surface area contributed by atoms with Gasteiger partial charge in [-0.1, -0.05) is 24.3 Å². The monoisotopic (exact) mass is 947 g/mol. The Kier molecular flexibility index (Phi) is 16.0. The van der Waals surface area contributed by atoms with E-state index in [1.807, 2.05) is 24.3 Å². The Morgan fingerprint density at radius 1 is 0.382 bits per heavy atom. The molecule has 8 aliphatic rings. The average Bonchev–Trinajstić information content (AvgIpc) is 4.13. The van der Waals surface area contributed by atoms with E-state index in [1.165, 1.54) is 0 Å². The highest BCUT2D eigenvalue weighted by Crippen LogP contribution is 2.50. The highest BCUT2D eigenvalue weighted by atomic mass is 16.4. The van der Waals surface area contributed by atoms with E-state index in [0.29, 0.717) is 23.7 Å². The minimum atomic E-state index is -1.56. The highest BCUT2D eigenvalue weighted by Gasteiger charge is 2.53. The Morgan fingerprint density at radius 3 is 0.912 bits per heavy atom. The number of amides is 4. The van der Waals surface area contributed by atoms with Crippen LogP contribution >= 0.6 is 0 Å². The van der Waals surface area contributed by atoms with E-state index >= 15 is 0 Å². The largest absolute Gasteiger partial charge is 0.481 e. The molecule has 8 rings (SSSR count). The summed E-state index contributed by atoms with van der Waals surface area (Å²) in [6.07, 6.45) is 24.6. The Hall–Kier alpha value is -4.76. The van der Waals surface area contributed by atoms with Crippen molar-refractivity contribution in [2.75, 3.05) is 0 Å². The number of hydrogen-bond donors (Lipinski definition) is 8. The molecular formula is C52H74N4O12. The fourth-order valence-electron chi connectivity index (χ4n) is 14.5. The van der Waals surface area contributed by atoms with Crippen molar-refractivity contribution in [3.63, 3.8) is 0 Å². The van der Waals surface area contributed by atoms with Gasteiger partial charge in [0.25, 0.3) is 0 Å². The van der Waals surface area contributed by atoms with Crippen LogP contribution < -0.4 is 21.3 Å². The quantitative estimate of drug-likeness (QED) is 0.0726. The summed E-state index contributed by atoms with van der Waals surface area (Å²) in [5.74, 6) is -9.36. The molecule has 4 bridgehead atoms. The highest BCUT2D eigenvalue weighted by molar-refractivity contribution is 5.90. The molecule has 374 valence electrons. The van der Waals surface area contributed by atoms with Gasteiger partial charge >= 0.3 is 23.9 Å². The Balaban J connectivity index is 0.693. The molecule has 8 aliphatic carbocycles. The third-order valence-corrected chi connectivity index (χ3v) is 18.2. The van der Waals surface area contributed by atoms with E-state index in [-0.39, 0.29) is 59.7 Å². The second kappa shape index (κ2) is 21.9. The number of rotatable bonds is 19. The molecule has 0 aliphatic heterocycles. The van der Waals surface area contributed by atoms with Crippen LogP contribution in [0.1, 0.15) is 141 Å². The summed E-state index contributed by atoms with van der Waals surface area (Å²) in [4.78, 5) is 101. The number of carbonyl (C=O) groups is 8. The van der Waals surface area contributed by atoms with Gasteiger partial charge in [-0.3, -0.25) is 38.4 Å². The van der Waals surface area contributed by atoms with Crippen molar-refractivity contribution in [1.82, 2.24) is 21.3 Å². The lowest BCUT2D eigenvalue weighted by atomic mass is 9.75. The first-order valence-corrected chi connectivity index (χ1v) is 26.1. The van der Waals surface area contributed by atoms with Crippen molar-refractivity contribution >= 4 is 47.5 Å². The van der Waals surface area contributed by atoms with E-state index in [0.717, 1.165) is 128 Å². The van der Waals surface area contributed by atoms with Crippen molar-refractivity contribution in [2.24, 2.45) is 82.9 Å². The smallest absolute Gasteiger partial charge is 0.307 e. The van der Waals surface area contributed by atoms with Gasteiger partial charge in [-0.15, -0.1) is 0 Å². The van der Waals surface area contributed by atoms with Crippen LogP contribution in [0.5, 0.6) is 0 Å². The molecule has 0 radical (unpaired) electrons. The van der Waals surface area contributed by atoms with Crippen LogP contribution in [0, 0.1) is 82.9 Å². The van der Waals surface area contributed by atoms with E-state index in [1.54, 1.807) is 0 Å². The standard InChI is InChI=1S/C52H74N4O12/c57-41(53-35-13-1-27(2-14-35)21-29-5-17-37(18-6-29)55-47(59)43-31-9-11-33(23-31)45(43)51(65)66)25-39(49(61)62)40(50(63)64)26-42(58)54-36-15-3-28(4-16-36)22-30-7-19-38(20-8-30)56-48(60)44-32-10-12-34(24-32)46(44)52(67)68/h9-12,27-40,43-46H,1-8,13-26H2,(H,53,57)(H,54,58)(H,55,59)(H,56,60)(H,61,62)(H,63,64)(H,65,66)(H,67,68). The zero-order valence-corrected chi connectivity index (χ0v) is 39.3. The normalized spacial score (nSPS) is 37.9. The van der Waals surface area contributed by atoms with Crippen LogP contribution in [0.25, 0.3) is 0 Å². The van der Waals surface area contributed by atoms with Crippen LogP contribution in [0.4, 0.5) is 0 Å². The molecule has 0 aromatic carbocycles. The molecule has 16 heteroatoms. The Bertz CT molecular complexity index is 1820. The number of carboxylic acid groups (broad SMARTS) is 4. The molecular weight excluding hydrogens is 873 g/mol. The van der Waals surface area contributed by atoms with Gasteiger partial charge < -0.3 is 41.7 Å². The lowest BCUT2D eigenvalue weighted by molar-refractivity contribution is -0.156. The zero-order chi connectivity index (χ0) is 48.2. The van der Waals surface area contributed by atoms with Gasteiger partial charge in [0, 0.05) is 37.0 Å². The van der Waals surface area contributed by atoms with E-state index < -0.39 is 84.0 Å². The number of nitrogens with one attached hydrogen (secondary N) is 4. The molecule has 16 nitrogen and oxygen atoms in total. The average molecular weight is 947 g/mol. The van der Waals surface area contributed by atoms with Gasteiger partial charge in [-0.05, 0) is 176 Å². The summed E-state index contributed by atoms with van der Waals surface area (Å²) in [6.45, 7) is 0. The minimum absolute atomic E-state index is 0.00757. The third-order valence-electron chi connectivity index (χ3n) is 18.2. The molecule has 0 heterocycles. The second-order valence-corrected chi connectivity index (χ2v) is 22.5. The number of carboxylic acids is 4. The van der Waals surface area contributed by atoms with Crippen LogP contribution in [-0.4, -0.2) is 92.1 Å². The molecule has 8 N–H and O–H groups in total. The number of hydrogen-bond acceptors (Lipinski definition) is 8. The van der Waals surface area contributed by atoms with Crippen LogP contribution in [0.15, 0.2) is 24.3 Å². The summed E-state index contributed by atoms with van der Waals surface area (Å²) in [6, 6.07) is -0.150. The fourth-order valence-corrected chi connectivity index (χ4v) is 14.5. The van der Waals surface area contributed by atoms with Crippen LogP contribution in [-0.2, 0) is 38.4 Å². The molecule has 10 unspecified atom stereocenters. The molecule has 68 heavy (non-hydrogen) atoms. The van der Waals surface area contributed by atoms with Crippen molar-refractivity contribution in [2.45, 2.75) is 165 Å². The molecule has 6 saturated carbocycles. The SMILES string of the molecule is O=C(CC(C(=O)O)C(CC(=O)NC1CCC(CC2CCC(NC(=O)C3C4C=CC(C4)C3C(=O)O)CC2)CC1)C(=O)O)NC1CCC(CC2CCC(NC(=O)C3C4C=CC(C4)C3C(=O)O)CC2)CC1. The summed E-state index contributed by atoms with van der Waals surface area (Å²) in [7, 11) is 0. The first-order valence-electron chi connectivity index (χ1n) is 26.1. The number of aliphatic carboxylic acids is 4. The maximum atomic E-state index is 13.2. The summed E-state index contributed by atoms with van der Waals surface area (Å²) < 4.78 is 0. The molecule has 0 aromatic rings. The number of carbonyl (C=O) groups excluding carboxylic acids is 4. The van der Waals surface area contributed by atoms with Gasteiger partial charge in [0.1, 0.15) is 0 Å². The molecule has 0 aromatic heterocycles. The zero-order valence-electron chi connectivity index (χ0n) is 39.3. The van der Waals surface area contributed by atoms with Gasteiger partial charge in [-0.25, -0.2) is 0 Å². The summed E-state index contributed by atoms with van der Waals surface area (Å²) in [5.41, 5.74) is 0. The molecule has 6 fully saturated rings. The predicted molar refractivity (Wildman–Crippen MR) is 247 cm³/mol. The van der Waals surface area contributed by atoms with Crippen molar-refractivity contribution in [3.05, 3.63) is 24.3 Å². The number of allylic oxidation sites excluding steroid dienone is 4. The fraction of sp³-hybridized carbons (Fsp3) is 0.769.